The lowest BCUT2D eigenvalue weighted by Crippen LogP contribution is -2.00. The minimum atomic E-state index is 0.631. The van der Waals surface area contributed by atoms with Gasteiger partial charge in [0.25, 0.3) is 0 Å². The molecule has 1 aliphatic rings. The normalized spacial score (nSPS) is 11.4. The molecule has 0 amide bonds. The third kappa shape index (κ3) is 4.87. The van der Waals surface area contributed by atoms with Crippen LogP contribution in [0.25, 0.3) is 100 Å². The Balaban J connectivity index is 1.16. The van der Waals surface area contributed by atoms with Crippen molar-refractivity contribution in [1.29, 1.82) is 5.26 Å². The molecule has 9 aromatic rings. The second-order valence-corrected chi connectivity index (χ2v) is 13.1. The van der Waals surface area contributed by atoms with Gasteiger partial charge < -0.3 is 0 Å². The van der Waals surface area contributed by atoms with Crippen molar-refractivity contribution in [2.24, 2.45) is 0 Å². The Morgan fingerprint density at radius 3 is 1.35 bits per heavy atom. The number of nitrogens with zero attached hydrogens (tertiary/aromatic N) is 4. The van der Waals surface area contributed by atoms with Gasteiger partial charge in [-0.15, -0.1) is 0 Å². The maximum atomic E-state index is 9.49. The first-order valence-corrected chi connectivity index (χ1v) is 17.3. The van der Waals surface area contributed by atoms with Gasteiger partial charge in [0, 0.05) is 16.7 Å². The summed E-state index contributed by atoms with van der Waals surface area (Å²) in [7, 11) is 0. The second-order valence-electron chi connectivity index (χ2n) is 13.1. The van der Waals surface area contributed by atoms with E-state index >= 15 is 0 Å². The van der Waals surface area contributed by atoms with Gasteiger partial charge in [-0.05, 0) is 90.3 Å². The van der Waals surface area contributed by atoms with Gasteiger partial charge in [0.1, 0.15) is 0 Å². The summed E-state index contributed by atoms with van der Waals surface area (Å²) in [6.07, 6.45) is 0. The highest BCUT2D eigenvalue weighted by Gasteiger charge is 2.25. The van der Waals surface area contributed by atoms with Crippen LogP contribution in [0.3, 0.4) is 0 Å². The first-order valence-electron chi connectivity index (χ1n) is 17.3. The molecule has 0 aliphatic heterocycles. The topological polar surface area (TPSA) is 62.5 Å². The third-order valence-electron chi connectivity index (χ3n) is 10.1. The fraction of sp³-hybridized carbons (Fsp3) is 0. The lowest BCUT2D eigenvalue weighted by molar-refractivity contribution is 1.07. The lowest BCUT2D eigenvalue weighted by atomic mass is 9.88. The molecule has 1 aliphatic carbocycles. The Morgan fingerprint density at radius 1 is 0.327 bits per heavy atom. The highest BCUT2D eigenvalue weighted by molar-refractivity contribution is 6.22. The first kappa shape index (κ1) is 29.7. The molecule has 240 valence electrons. The number of aromatic nitrogens is 3. The summed E-state index contributed by atoms with van der Waals surface area (Å²) in [6.45, 7) is 0. The number of hydrogen-bond donors (Lipinski definition) is 0. The van der Waals surface area contributed by atoms with Crippen molar-refractivity contribution in [1.82, 2.24) is 15.0 Å². The maximum absolute atomic E-state index is 9.49. The zero-order valence-corrected chi connectivity index (χ0v) is 28.0. The Labute approximate surface area is 301 Å². The second kappa shape index (κ2) is 12.0. The summed E-state index contributed by atoms with van der Waals surface area (Å²) in [5.41, 5.74) is 13.0. The standard InChI is InChI=1S/C48H28N4/c49-29-30-15-17-32(18-16-30)38-23-25-42-40-13-7-8-14-41(40)43-26-24-39(44(38)45(42)43)35-21-19-31-20-22-36(28-37(31)27-35)48-51-46(33-9-3-1-4-10-33)50-47(52-48)34-11-5-2-6-12-34/h1-28H. The molecule has 1 heterocycles. The highest BCUT2D eigenvalue weighted by atomic mass is 15.0. The van der Waals surface area contributed by atoms with E-state index < -0.39 is 0 Å². The number of hydrogen-bond acceptors (Lipinski definition) is 4. The van der Waals surface area contributed by atoms with Crippen molar-refractivity contribution in [3.63, 3.8) is 0 Å². The number of fused-ring (bicyclic) bond motifs is 4. The summed E-state index contributed by atoms with van der Waals surface area (Å²) < 4.78 is 0. The maximum Gasteiger partial charge on any atom is 0.164 e. The van der Waals surface area contributed by atoms with E-state index in [0.29, 0.717) is 23.0 Å². The molecule has 0 saturated carbocycles. The zero-order valence-electron chi connectivity index (χ0n) is 28.0. The van der Waals surface area contributed by atoms with Crippen molar-refractivity contribution in [2.45, 2.75) is 0 Å². The van der Waals surface area contributed by atoms with E-state index in [4.69, 9.17) is 15.0 Å². The Hall–Kier alpha value is -7.22. The van der Waals surface area contributed by atoms with Crippen LogP contribution in [0.1, 0.15) is 5.56 Å². The van der Waals surface area contributed by atoms with Crippen molar-refractivity contribution >= 4 is 21.5 Å². The summed E-state index contributed by atoms with van der Waals surface area (Å²) in [5, 5.41) is 14.2. The average Bonchev–Trinajstić information content (AvgIpc) is 3.55. The molecule has 0 radical (unpaired) electrons. The molecule has 0 saturated heterocycles. The molecule has 52 heavy (non-hydrogen) atoms. The summed E-state index contributed by atoms with van der Waals surface area (Å²) in [6, 6.07) is 61.2. The van der Waals surface area contributed by atoms with Gasteiger partial charge in [-0.1, -0.05) is 146 Å². The quantitative estimate of drug-likeness (QED) is 0.184. The molecule has 0 fully saturated rings. The molecule has 0 atom stereocenters. The summed E-state index contributed by atoms with van der Waals surface area (Å²) in [5.74, 6) is 1.91. The summed E-state index contributed by atoms with van der Waals surface area (Å²) >= 11 is 0. The zero-order chi connectivity index (χ0) is 34.6. The van der Waals surface area contributed by atoms with Crippen LogP contribution in [0, 0.1) is 11.3 Å². The minimum Gasteiger partial charge on any atom is -0.208 e. The first-order chi connectivity index (χ1) is 25.7. The van der Waals surface area contributed by atoms with Crippen molar-refractivity contribution in [2.75, 3.05) is 0 Å². The van der Waals surface area contributed by atoms with Crippen LogP contribution in [-0.4, -0.2) is 15.0 Å². The molecule has 0 unspecified atom stereocenters. The van der Waals surface area contributed by atoms with Crippen LogP contribution in [0.2, 0.25) is 0 Å². The van der Waals surface area contributed by atoms with E-state index in [1.807, 2.05) is 72.8 Å². The van der Waals surface area contributed by atoms with E-state index in [2.05, 4.69) is 103 Å². The fourth-order valence-electron chi connectivity index (χ4n) is 7.59. The van der Waals surface area contributed by atoms with E-state index in [0.717, 1.165) is 49.7 Å². The van der Waals surface area contributed by atoms with Gasteiger partial charge in [-0.3, -0.25) is 0 Å². The van der Waals surface area contributed by atoms with Gasteiger partial charge in [-0.2, -0.15) is 5.26 Å². The van der Waals surface area contributed by atoms with Gasteiger partial charge >= 0.3 is 0 Å². The fourth-order valence-corrected chi connectivity index (χ4v) is 7.59. The highest BCUT2D eigenvalue weighted by Crippen LogP contribution is 2.52. The van der Waals surface area contributed by atoms with E-state index in [1.165, 1.54) is 33.0 Å². The molecule has 10 rings (SSSR count). The molecular formula is C48H28N4. The molecule has 4 nitrogen and oxygen atoms in total. The molecule has 1 aromatic heterocycles. The van der Waals surface area contributed by atoms with Crippen LogP contribution < -0.4 is 0 Å². The molecule has 0 N–H and O–H groups in total. The summed E-state index contributed by atoms with van der Waals surface area (Å²) in [4.78, 5) is 14.9. The van der Waals surface area contributed by atoms with E-state index in [9.17, 15) is 5.26 Å². The molecule has 0 bridgehead atoms. The largest absolute Gasteiger partial charge is 0.208 e. The lowest BCUT2D eigenvalue weighted by Gasteiger charge is -2.16. The predicted molar refractivity (Wildman–Crippen MR) is 211 cm³/mol. The van der Waals surface area contributed by atoms with Crippen LogP contribution >= 0.6 is 0 Å². The molecular weight excluding hydrogens is 633 g/mol. The monoisotopic (exact) mass is 660 g/mol. The number of nitriles is 1. The Kier molecular flexibility index (Phi) is 6.84. The van der Waals surface area contributed by atoms with Crippen LogP contribution in [-0.2, 0) is 0 Å². The minimum absolute atomic E-state index is 0.631. The number of rotatable bonds is 5. The average molecular weight is 661 g/mol. The van der Waals surface area contributed by atoms with Crippen LogP contribution in [0.15, 0.2) is 170 Å². The SMILES string of the molecule is N#Cc1ccc(-c2ccc3c4c(ccc(-c5ccc6ccc(-c7nc(-c8ccccc8)nc(-c8ccccc8)n7)cc6c5)c24)-c2ccccc2-3)cc1. The smallest absolute Gasteiger partial charge is 0.164 e. The van der Waals surface area contributed by atoms with Gasteiger partial charge in [-0.25, -0.2) is 15.0 Å². The predicted octanol–water partition coefficient (Wildman–Crippen LogP) is 12.0. The number of benzene rings is 8. The van der Waals surface area contributed by atoms with Crippen LogP contribution in [0.5, 0.6) is 0 Å². The van der Waals surface area contributed by atoms with E-state index in [-0.39, 0.29) is 0 Å². The van der Waals surface area contributed by atoms with Crippen molar-refractivity contribution in [3.05, 3.63) is 175 Å². The molecule has 8 aromatic carbocycles. The van der Waals surface area contributed by atoms with E-state index in [1.54, 1.807) is 0 Å². The van der Waals surface area contributed by atoms with Crippen molar-refractivity contribution in [3.8, 4) is 84.7 Å². The molecule has 4 heteroatoms. The van der Waals surface area contributed by atoms with Gasteiger partial charge in [0.2, 0.25) is 0 Å². The van der Waals surface area contributed by atoms with Gasteiger partial charge in [0.15, 0.2) is 17.5 Å². The van der Waals surface area contributed by atoms with Crippen LogP contribution in [0.4, 0.5) is 0 Å². The van der Waals surface area contributed by atoms with Crippen molar-refractivity contribution < 1.29 is 0 Å². The van der Waals surface area contributed by atoms with Gasteiger partial charge in [0.05, 0.1) is 11.6 Å². The third-order valence-corrected chi connectivity index (χ3v) is 10.1. The molecule has 0 spiro atoms. The Bertz CT molecular complexity index is 2800. The Morgan fingerprint density at radius 2 is 0.769 bits per heavy atom.